The number of hydrogen-bond donors (Lipinski definition) is 3. The van der Waals surface area contributed by atoms with Gasteiger partial charge in [0, 0.05) is 36.7 Å². The third-order valence-electron chi connectivity index (χ3n) is 6.37. The van der Waals surface area contributed by atoms with Crippen molar-refractivity contribution in [2.45, 2.75) is 63.6 Å². The molecule has 9 heteroatoms. The molecule has 0 spiro atoms. The van der Waals surface area contributed by atoms with Crippen LogP contribution in [0.1, 0.15) is 68.6 Å². The Labute approximate surface area is 234 Å². The molecule has 0 radical (unpaired) electrons. The van der Waals surface area contributed by atoms with Crippen molar-refractivity contribution in [2.24, 2.45) is 0 Å². The fraction of sp³-hybridized carbons (Fsp3) is 0.433. The molecular weight excluding hydrogens is 522 g/mol. The highest BCUT2D eigenvalue weighted by Gasteiger charge is 2.24. The summed E-state index contributed by atoms with van der Waals surface area (Å²) < 4.78 is 6.62. The highest BCUT2D eigenvalue weighted by molar-refractivity contribution is 6.30. The third kappa shape index (κ3) is 14.0. The number of halogens is 1. The zero-order chi connectivity index (χ0) is 28.5. The Balaban J connectivity index is 0.000000580. The van der Waals surface area contributed by atoms with Gasteiger partial charge in [0.05, 0.1) is 6.10 Å². The normalized spacial score (nSPS) is 14.9. The van der Waals surface area contributed by atoms with Gasteiger partial charge in [-0.3, -0.25) is 4.79 Å². The summed E-state index contributed by atoms with van der Waals surface area (Å²) in [6, 6.07) is 18.4. The Morgan fingerprint density at radius 2 is 1.36 bits per heavy atom. The number of carboxylic acids is 3. The first-order valence-corrected chi connectivity index (χ1v) is 13.7. The molecule has 8 nitrogen and oxygen atoms in total. The van der Waals surface area contributed by atoms with E-state index in [1.54, 1.807) is 0 Å². The van der Waals surface area contributed by atoms with E-state index in [1.807, 2.05) is 18.2 Å². The van der Waals surface area contributed by atoms with Gasteiger partial charge in [-0.2, -0.15) is 0 Å². The lowest BCUT2D eigenvalue weighted by Gasteiger charge is -2.34. The number of nitrogens with zero attached hydrogens (tertiary/aromatic N) is 1. The number of likely N-dealkylation sites (tertiary alicyclic amines) is 1. The zero-order valence-corrected chi connectivity index (χ0v) is 22.8. The van der Waals surface area contributed by atoms with Crippen molar-refractivity contribution in [3.63, 3.8) is 0 Å². The summed E-state index contributed by atoms with van der Waals surface area (Å²) in [7, 11) is 0. The SMILES string of the molecule is O=C(O)/C=C/C(=O)O.O=C(O)CCCCCCCN1CCC(OC(c2ccccc2)c2ccc(Cl)cc2)CC1. The van der Waals surface area contributed by atoms with Crippen LogP contribution in [0.2, 0.25) is 5.02 Å². The first kappa shape index (κ1) is 32.0. The summed E-state index contributed by atoms with van der Waals surface area (Å²) >= 11 is 6.09. The molecule has 2 aromatic carbocycles. The molecule has 3 N–H and O–H groups in total. The van der Waals surface area contributed by atoms with Gasteiger partial charge in [0.25, 0.3) is 0 Å². The average molecular weight is 560 g/mol. The molecule has 0 amide bonds. The molecule has 39 heavy (non-hydrogen) atoms. The fourth-order valence-electron chi connectivity index (χ4n) is 4.36. The van der Waals surface area contributed by atoms with Crippen LogP contribution in [0.3, 0.4) is 0 Å². The van der Waals surface area contributed by atoms with Gasteiger partial charge in [-0.05, 0) is 55.5 Å². The predicted molar refractivity (Wildman–Crippen MR) is 150 cm³/mol. The van der Waals surface area contributed by atoms with Gasteiger partial charge < -0.3 is 25.0 Å². The van der Waals surface area contributed by atoms with Crippen LogP contribution >= 0.6 is 11.6 Å². The maximum absolute atomic E-state index is 10.5. The van der Waals surface area contributed by atoms with E-state index >= 15 is 0 Å². The molecule has 212 valence electrons. The van der Waals surface area contributed by atoms with E-state index in [-0.39, 0.29) is 12.2 Å². The first-order valence-electron chi connectivity index (χ1n) is 13.3. The summed E-state index contributed by atoms with van der Waals surface area (Å²) in [5.74, 6) is -3.20. The maximum Gasteiger partial charge on any atom is 0.328 e. The Morgan fingerprint density at radius 1 is 0.821 bits per heavy atom. The van der Waals surface area contributed by atoms with Crippen LogP contribution in [0.25, 0.3) is 0 Å². The highest BCUT2D eigenvalue weighted by atomic mass is 35.5. The van der Waals surface area contributed by atoms with Gasteiger partial charge in [0.2, 0.25) is 0 Å². The quantitative estimate of drug-likeness (QED) is 0.189. The van der Waals surface area contributed by atoms with E-state index in [2.05, 4.69) is 41.3 Å². The molecular formula is C30H38ClNO7. The number of benzene rings is 2. The minimum atomic E-state index is -1.26. The number of aliphatic carboxylic acids is 3. The zero-order valence-electron chi connectivity index (χ0n) is 22.1. The predicted octanol–water partition coefficient (Wildman–Crippen LogP) is 6.05. The van der Waals surface area contributed by atoms with Crippen LogP contribution in [0.15, 0.2) is 66.7 Å². The minimum absolute atomic E-state index is 0.0687. The molecule has 0 saturated carbocycles. The maximum atomic E-state index is 10.5. The topological polar surface area (TPSA) is 124 Å². The third-order valence-corrected chi connectivity index (χ3v) is 6.62. The van der Waals surface area contributed by atoms with Crippen LogP contribution in [-0.4, -0.2) is 63.9 Å². The van der Waals surface area contributed by atoms with E-state index in [9.17, 15) is 14.4 Å². The van der Waals surface area contributed by atoms with Crippen molar-refractivity contribution in [2.75, 3.05) is 19.6 Å². The van der Waals surface area contributed by atoms with Gasteiger partial charge >= 0.3 is 17.9 Å². The first-order chi connectivity index (χ1) is 18.7. The van der Waals surface area contributed by atoms with Crippen molar-refractivity contribution < 1.29 is 34.4 Å². The van der Waals surface area contributed by atoms with Gasteiger partial charge in [-0.15, -0.1) is 0 Å². The molecule has 0 aromatic heterocycles. The van der Waals surface area contributed by atoms with E-state index in [0.717, 1.165) is 62.3 Å². The van der Waals surface area contributed by atoms with Crippen LogP contribution in [0, 0.1) is 0 Å². The Morgan fingerprint density at radius 3 is 1.92 bits per heavy atom. The van der Waals surface area contributed by atoms with Gasteiger partial charge in [0.1, 0.15) is 6.10 Å². The molecule has 1 unspecified atom stereocenters. The Hall–Kier alpha value is -3.20. The summed E-state index contributed by atoms with van der Waals surface area (Å²) in [6.07, 6.45) is 9.03. The second kappa shape index (κ2) is 18.2. The largest absolute Gasteiger partial charge is 0.481 e. The molecule has 1 fully saturated rings. The van der Waals surface area contributed by atoms with E-state index in [4.69, 9.17) is 31.7 Å². The molecule has 1 aliphatic heterocycles. The minimum Gasteiger partial charge on any atom is -0.481 e. The summed E-state index contributed by atoms with van der Waals surface area (Å²) in [4.78, 5) is 32.2. The number of piperidine rings is 1. The summed E-state index contributed by atoms with van der Waals surface area (Å²) in [5.41, 5.74) is 2.32. The monoisotopic (exact) mass is 559 g/mol. The van der Waals surface area contributed by atoms with Gasteiger partial charge in [0.15, 0.2) is 0 Å². The van der Waals surface area contributed by atoms with E-state index in [0.29, 0.717) is 18.6 Å². The van der Waals surface area contributed by atoms with Crippen molar-refractivity contribution in [3.8, 4) is 0 Å². The van der Waals surface area contributed by atoms with Crippen molar-refractivity contribution in [3.05, 3.63) is 82.9 Å². The second-order valence-corrected chi connectivity index (χ2v) is 9.88. The summed E-state index contributed by atoms with van der Waals surface area (Å²) in [5, 5.41) is 25.0. The number of hydrogen-bond acceptors (Lipinski definition) is 5. The van der Waals surface area contributed by atoms with Crippen LogP contribution in [-0.2, 0) is 19.1 Å². The number of unbranched alkanes of at least 4 members (excludes halogenated alkanes) is 4. The van der Waals surface area contributed by atoms with Gasteiger partial charge in [-0.1, -0.05) is 73.3 Å². The highest BCUT2D eigenvalue weighted by Crippen LogP contribution is 2.30. The molecule has 1 saturated heterocycles. The number of carboxylic acid groups (broad SMARTS) is 3. The van der Waals surface area contributed by atoms with Crippen molar-refractivity contribution >= 4 is 29.5 Å². The lowest BCUT2D eigenvalue weighted by molar-refractivity contribution is -0.137. The van der Waals surface area contributed by atoms with Crippen molar-refractivity contribution in [1.82, 2.24) is 4.90 Å². The van der Waals surface area contributed by atoms with Gasteiger partial charge in [-0.25, -0.2) is 9.59 Å². The number of ether oxygens (including phenoxy) is 1. The van der Waals surface area contributed by atoms with Crippen LogP contribution < -0.4 is 0 Å². The fourth-order valence-corrected chi connectivity index (χ4v) is 4.49. The van der Waals surface area contributed by atoms with E-state index < -0.39 is 17.9 Å². The average Bonchev–Trinajstić information content (AvgIpc) is 2.92. The van der Waals surface area contributed by atoms with E-state index in [1.165, 1.54) is 18.4 Å². The lowest BCUT2D eigenvalue weighted by atomic mass is 10.00. The van der Waals surface area contributed by atoms with Crippen LogP contribution in [0.4, 0.5) is 0 Å². The standard InChI is InChI=1S/C26H34ClNO3.C4H4O4/c27-23-14-12-22(13-15-23)26(21-9-5-4-6-10-21)31-24-16-19-28(20-17-24)18-8-3-1-2-7-11-25(29)30;5-3(6)1-2-4(7)8/h4-6,9-10,12-15,24,26H,1-3,7-8,11,16-20H2,(H,29,30);1-2H,(H,5,6)(H,7,8)/b;2-1+. The molecule has 0 aliphatic carbocycles. The second-order valence-electron chi connectivity index (χ2n) is 9.44. The van der Waals surface area contributed by atoms with Crippen molar-refractivity contribution in [1.29, 1.82) is 0 Å². The molecule has 1 atom stereocenters. The van der Waals surface area contributed by atoms with Crippen LogP contribution in [0.5, 0.6) is 0 Å². The molecule has 2 aromatic rings. The number of carbonyl (C=O) groups is 3. The molecule has 3 rings (SSSR count). The Kier molecular flexibility index (Phi) is 14.9. The molecule has 0 bridgehead atoms. The molecule has 1 heterocycles. The molecule has 1 aliphatic rings. The lowest BCUT2D eigenvalue weighted by Crippen LogP contribution is -2.38. The summed E-state index contributed by atoms with van der Waals surface area (Å²) in [6.45, 7) is 3.28. The smallest absolute Gasteiger partial charge is 0.328 e. The Bertz CT molecular complexity index is 1020. The number of rotatable bonds is 14.